The van der Waals surface area contributed by atoms with E-state index in [1.54, 1.807) is 24.3 Å². The number of hydrogen-bond acceptors (Lipinski definition) is 4. The molecule has 1 amide bonds. The molecule has 0 bridgehead atoms. The topological polar surface area (TPSA) is 68.3 Å². The molecular weight excluding hydrogens is 448 g/mol. The van der Waals surface area contributed by atoms with E-state index < -0.39 is 0 Å². The lowest BCUT2D eigenvalue weighted by Crippen LogP contribution is -2.10. The number of hydrogen-bond donors (Lipinski definition) is 1. The molecule has 0 aliphatic heterocycles. The maximum Gasteiger partial charge on any atom is 0.291 e. The van der Waals surface area contributed by atoms with Crippen molar-refractivity contribution in [2.45, 2.75) is 26.2 Å². The SMILES string of the molecule is CCC(C)c1ccc2oc(-c3ccc(NC(=O)c4ccc(-c5ccc(Cl)cc5)o4)cc3)nc2c1. The van der Waals surface area contributed by atoms with E-state index in [-0.39, 0.29) is 11.7 Å². The van der Waals surface area contributed by atoms with Crippen LogP contribution in [0.2, 0.25) is 5.02 Å². The van der Waals surface area contributed by atoms with Crippen LogP contribution in [0.1, 0.15) is 42.3 Å². The van der Waals surface area contributed by atoms with Crippen LogP contribution in [0.3, 0.4) is 0 Å². The summed E-state index contributed by atoms with van der Waals surface area (Å²) in [5, 5.41) is 3.50. The van der Waals surface area contributed by atoms with Crippen molar-refractivity contribution in [2.24, 2.45) is 0 Å². The zero-order chi connectivity index (χ0) is 23.7. The predicted octanol–water partition coefficient (Wildman–Crippen LogP) is 8.17. The zero-order valence-electron chi connectivity index (χ0n) is 18.8. The number of anilines is 1. The molecule has 1 unspecified atom stereocenters. The first-order valence-electron chi connectivity index (χ1n) is 11.2. The van der Waals surface area contributed by atoms with E-state index in [4.69, 9.17) is 20.4 Å². The lowest BCUT2D eigenvalue weighted by molar-refractivity contribution is 0.0997. The standard InChI is InChI=1S/C28H23ClN2O3/c1-3-17(2)20-8-13-25-23(16-20)31-28(34-25)19-6-11-22(12-7-19)30-27(32)26-15-14-24(33-26)18-4-9-21(29)10-5-18/h4-17H,3H2,1-2H3,(H,30,32). The molecule has 6 heteroatoms. The van der Waals surface area contributed by atoms with Gasteiger partial charge in [-0.3, -0.25) is 4.79 Å². The molecule has 0 radical (unpaired) electrons. The third-order valence-electron chi connectivity index (χ3n) is 5.94. The fraction of sp³-hybridized carbons (Fsp3) is 0.143. The van der Waals surface area contributed by atoms with Crippen LogP contribution in [-0.4, -0.2) is 10.9 Å². The van der Waals surface area contributed by atoms with Gasteiger partial charge in [-0.15, -0.1) is 0 Å². The number of carbonyl (C=O) groups is 1. The second-order valence-corrected chi connectivity index (χ2v) is 8.69. The lowest BCUT2D eigenvalue weighted by Gasteiger charge is -2.07. The molecule has 3 aromatic carbocycles. The highest BCUT2D eigenvalue weighted by atomic mass is 35.5. The van der Waals surface area contributed by atoms with Crippen molar-refractivity contribution >= 4 is 34.3 Å². The van der Waals surface area contributed by atoms with Crippen LogP contribution < -0.4 is 5.32 Å². The molecule has 0 fully saturated rings. The Balaban J connectivity index is 1.30. The van der Waals surface area contributed by atoms with Crippen molar-refractivity contribution in [3.8, 4) is 22.8 Å². The Kier molecular flexibility index (Phi) is 5.95. The van der Waals surface area contributed by atoms with Crippen molar-refractivity contribution in [1.82, 2.24) is 4.98 Å². The number of carbonyl (C=O) groups excluding carboxylic acids is 1. The average Bonchev–Trinajstić information content (AvgIpc) is 3.52. The second-order valence-electron chi connectivity index (χ2n) is 8.26. The monoisotopic (exact) mass is 470 g/mol. The Morgan fingerprint density at radius 2 is 1.68 bits per heavy atom. The van der Waals surface area contributed by atoms with Gasteiger partial charge in [-0.25, -0.2) is 4.98 Å². The van der Waals surface area contributed by atoms with E-state index in [2.05, 4.69) is 36.3 Å². The summed E-state index contributed by atoms with van der Waals surface area (Å²) >= 11 is 5.93. The van der Waals surface area contributed by atoms with Gasteiger partial charge in [0.05, 0.1) is 0 Å². The first-order valence-corrected chi connectivity index (χ1v) is 11.6. The Bertz CT molecular complexity index is 1450. The molecule has 1 N–H and O–H groups in total. The van der Waals surface area contributed by atoms with E-state index in [0.29, 0.717) is 28.3 Å². The number of aromatic nitrogens is 1. The summed E-state index contributed by atoms with van der Waals surface area (Å²) in [6.07, 6.45) is 1.07. The number of rotatable bonds is 6. The maximum absolute atomic E-state index is 12.6. The third-order valence-corrected chi connectivity index (χ3v) is 6.19. The minimum absolute atomic E-state index is 0.227. The van der Waals surface area contributed by atoms with Gasteiger partial charge in [0.15, 0.2) is 11.3 Å². The van der Waals surface area contributed by atoms with Gasteiger partial charge in [-0.1, -0.05) is 31.5 Å². The van der Waals surface area contributed by atoms with E-state index in [1.165, 1.54) is 5.56 Å². The number of nitrogens with zero attached hydrogens (tertiary/aromatic N) is 1. The molecule has 0 aliphatic carbocycles. The van der Waals surface area contributed by atoms with E-state index >= 15 is 0 Å². The number of amides is 1. The van der Waals surface area contributed by atoms with Crippen molar-refractivity contribution in [3.05, 3.63) is 95.2 Å². The summed E-state index contributed by atoms with van der Waals surface area (Å²) < 4.78 is 11.7. The minimum atomic E-state index is -0.326. The molecule has 5 rings (SSSR count). The molecule has 0 saturated heterocycles. The van der Waals surface area contributed by atoms with Gasteiger partial charge in [-0.05, 0) is 90.7 Å². The summed E-state index contributed by atoms with van der Waals surface area (Å²) in [5.41, 5.74) is 5.19. The number of furan rings is 1. The Labute approximate surface area is 202 Å². The van der Waals surface area contributed by atoms with Gasteiger partial charge in [0.2, 0.25) is 5.89 Å². The molecule has 5 aromatic rings. The van der Waals surface area contributed by atoms with Gasteiger partial charge in [-0.2, -0.15) is 0 Å². The maximum atomic E-state index is 12.6. The van der Waals surface area contributed by atoms with E-state index in [1.807, 2.05) is 42.5 Å². The summed E-state index contributed by atoms with van der Waals surface area (Å²) in [5.74, 6) is 1.53. The lowest BCUT2D eigenvalue weighted by atomic mass is 9.98. The Hall–Kier alpha value is -3.83. The zero-order valence-corrected chi connectivity index (χ0v) is 19.6. The molecule has 0 saturated carbocycles. The quantitative estimate of drug-likeness (QED) is 0.271. The predicted molar refractivity (Wildman–Crippen MR) is 135 cm³/mol. The summed E-state index contributed by atoms with van der Waals surface area (Å²) in [6.45, 7) is 4.38. The van der Waals surface area contributed by atoms with Gasteiger partial charge in [0, 0.05) is 21.8 Å². The summed E-state index contributed by atoms with van der Waals surface area (Å²) in [6, 6.07) is 24.2. The van der Waals surface area contributed by atoms with Crippen LogP contribution in [0.25, 0.3) is 33.9 Å². The van der Waals surface area contributed by atoms with Crippen molar-refractivity contribution < 1.29 is 13.6 Å². The smallest absolute Gasteiger partial charge is 0.291 e. The van der Waals surface area contributed by atoms with Crippen molar-refractivity contribution in [2.75, 3.05) is 5.32 Å². The molecule has 0 aliphatic rings. The Morgan fingerprint density at radius 3 is 2.41 bits per heavy atom. The highest BCUT2D eigenvalue weighted by Crippen LogP contribution is 2.29. The number of nitrogens with one attached hydrogen (secondary N) is 1. The van der Waals surface area contributed by atoms with Gasteiger partial charge >= 0.3 is 0 Å². The summed E-state index contributed by atoms with van der Waals surface area (Å²) in [4.78, 5) is 17.3. The molecule has 2 heterocycles. The van der Waals surface area contributed by atoms with Gasteiger partial charge < -0.3 is 14.2 Å². The highest BCUT2D eigenvalue weighted by molar-refractivity contribution is 6.30. The number of halogens is 1. The van der Waals surface area contributed by atoms with Crippen LogP contribution in [0.5, 0.6) is 0 Å². The number of oxazole rings is 1. The molecule has 34 heavy (non-hydrogen) atoms. The van der Waals surface area contributed by atoms with Crippen molar-refractivity contribution in [1.29, 1.82) is 0 Å². The highest BCUT2D eigenvalue weighted by Gasteiger charge is 2.14. The molecule has 0 spiro atoms. The molecule has 1 atom stereocenters. The van der Waals surface area contributed by atoms with Crippen LogP contribution in [-0.2, 0) is 0 Å². The van der Waals surface area contributed by atoms with Crippen molar-refractivity contribution in [3.63, 3.8) is 0 Å². The Morgan fingerprint density at radius 1 is 0.941 bits per heavy atom. The van der Waals surface area contributed by atoms with Crippen LogP contribution in [0, 0.1) is 0 Å². The molecule has 170 valence electrons. The number of fused-ring (bicyclic) bond motifs is 1. The van der Waals surface area contributed by atoms with Crippen LogP contribution in [0.15, 0.2) is 87.7 Å². The van der Waals surface area contributed by atoms with Gasteiger partial charge in [0.25, 0.3) is 5.91 Å². The minimum Gasteiger partial charge on any atom is -0.451 e. The normalized spacial score (nSPS) is 12.1. The fourth-order valence-electron chi connectivity index (χ4n) is 3.73. The largest absolute Gasteiger partial charge is 0.451 e. The second kappa shape index (κ2) is 9.20. The summed E-state index contributed by atoms with van der Waals surface area (Å²) in [7, 11) is 0. The fourth-order valence-corrected chi connectivity index (χ4v) is 3.85. The first kappa shape index (κ1) is 22.0. The van der Waals surface area contributed by atoms with E-state index in [9.17, 15) is 4.79 Å². The molecule has 2 aromatic heterocycles. The first-order chi connectivity index (χ1) is 16.5. The average molecular weight is 471 g/mol. The van der Waals surface area contributed by atoms with Crippen LogP contribution >= 0.6 is 11.6 Å². The van der Waals surface area contributed by atoms with Gasteiger partial charge in [0.1, 0.15) is 11.3 Å². The van der Waals surface area contributed by atoms with E-state index in [0.717, 1.165) is 28.6 Å². The third kappa shape index (κ3) is 4.47. The van der Waals surface area contributed by atoms with Crippen LogP contribution in [0.4, 0.5) is 5.69 Å². The molecule has 5 nitrogen and oxygen atoms in total. The number of benzene rings is 3. The molecular formula is C28H23ClN2O3.